The molecule has 0 bridgehead atoms. The van der Waals surface area contributed by atoms with Crippen LogP contribution in [0.4, 0.5) is 0 Å². The fraction of sp³-hybridized carbons (Fsp3) is 0.500. The van der Waals surface area contributed by atoms with Crippen LogP contribution in [-0.2, 0) is 11.8 Å². The number of carbonyl (C=O) groups is 1. The lowest BCUT2D eigenvalue weighted by molar-refractivity contribution is -0.141. The van der Waals surface area contributed by atoms with Gasteiger partial charge < -0.3 is 15.0 Å². The highest BCUT2D eigenvalue weighted by molar-refractivity contribution is 5.72. The fourth-order valence-electron chi connectivity index (χ4n) is 2.11. The van der Waals surface area contributed by atoms with E-state index in [4.69, 9.17) is 5.11 Å². The van der Waals surface area contributed by atoms with E-state index in [0.717, 1.165) is 12.2 Å². The standard InChI is InChI=1S/C10H14N2O2/c1-12-4-2-3-9(12)7-5-11-6-8(7)10(13)14/h2-4,7-8,11H,5-6H2,1H3,(H,13,14)/t7-,8-/m0/s1. The summed E-state index contributed by atoms with van der Waals surface area (Å²) in [5.41, 5.74) is 1.10. The van der Waals surface area contributed by atoms with Crippen molar-refractivity contribution in [2.45, 2.75) is 5.92 Å². The quantitative estimate of drug-likeness (QED) is 0.717. The van der Waals surface area contributed by atoms with E-state index in [1.165, 1.54) is 0 Å². The molecule has 76 valence electrons. The smallest absolute Gasteiger partial charge is 0.308 e. The number of carboxylic acid groups (broad SMARTS) is 1. The molecule has 1 aromatic rings. The Hall–Kier alpha value is -1.29. The zero-order valence-electron chi connectivity index (χ0n) is 8.10. The van der Waals surface area contributed by atoms with Crippen molar-refractivity contribution >= 4 is 5.97 Å². The molecule has 0 aromatic carbocycles. The van der Waals surface area contributed by atoms with Gasteiger partial charge in [0.1, 0.15) is 0 Å². The highest BCUT2D eigenvalue weighted by atomic mass is 16.4. The van der Waals surface area contributed by atoms with Gasteiger partial charge in [-0.3, -0.25) is 4.79 Å². The molecular weight excluding hydrogens is 180 g/mol. The van der Waals surface area contributed by atoms with Gasteiger partial charge in [-0.1, -0.05) is 0 Å². The van der Waals surface area contributed by atoms with Crippen molar-refractivity contribution in [1.82, 2.24) is 9.88 Å². The Morgan fingerprint density at radius 1 is 1.64 bits per heavy atom. The highest BCUT2D eigenvalue weighted by Crippen LogP contribution is 2.28. The van der Waals surface area contributed by atoms with Gasteiger partial charge >= 0.3 is 5.97 Å². The van der Waals surface area contributed by atoms with E-state index in [1.807, 2.05) is 29.9 Å². The van der Waals surface area contributed by atoms with E-state index in [1.54, 1.807) is 0 Å². The summed E-state index contributed by atoms with van der Waals surface area (Å²) in [7, 11) is 1.95. The Morgan fingerprint density at radius 2 is 2.43 bits per heavy atom. The van der Waals surface area contributed by atoms with Crippen LogP contribution >= 0.6 is 0 Å². The largest absolute Gasteiger partial charge is 0.481 e. The Labute approximate surface area is 82.5 Å². The monoisotopic (exact) mass is 194 g/mol. The molecule has 1 aliphatic rings. The molecule has 0 spiro atoms. The first-order chi connectivity index (χ1) is 6.70. The minimum Gasteiger partial charge on any atom is -0.481 e. The van der Waals surface area contributed by atoms with Gasteiger partial charge in [-0.15, -0.1) is 0 Å². The Kier molecular flexibility index (Phi) is 2.29. The second kappa shape index (κ2) is 3.46. The number of rotatable bonds is 2. The van der Waals surface area contributed by atoms with Crippen LogP contribution in [0.2, 0.25) is 0 Å². The van der Waals surface area contributed by atoms with Gasteiger partial charge in [0.25, 0.3) is 0 Å². The van der Waals surface area contributed by atoms with Crippen molar-refractivity contribution in [1.29, 1.82) is 0 Å². The number of hydrogen-bond donors (Lipinski definition) is 2. The number of aliphatic carboxylic acids is 1. The number of carboxylic acids is 1. The van der Waals surface area contributed by atoms with Crippen LogP contribution < -0.4 is 5.32 Å². The highest BCUT2D eigenvalue weighted by Gasteiger charge is 2.34. The predicted octanol–water partition coefficient (Wildman–Crippen LogP) is 0.413. The van der Waals surface area contributed by atoms with Crippen LogP contribution in [0.1, 0.15) is 11.6 Å². The van der Waals surface area contributed by atoms with Crippen LogP contribution in [0.3, 0.4) is 0 Å². The SMILES string of the molecule is Cn1cccc1[C@H]1CNC[C@@H]1C(=O)O. The average Bonchev–Trinajstić information content (AvgIpc) is 2.70. The molecule has 1 aliphatic heterocycles. The van der Waals surface area contributed by atoms with Crippen molar-refractivity contribution in [2.24, 2.45) is 13.0 Å². The lowest BCUT2D eigenvalue weighted by Crippen LogP contribution is -2.22. The van der Waals surface area contributed by atoms with Gasteiger partial charge in [-0.2, -0.15) is 0 Å². The minimum absolute atomic E-state index is 0.104. The third-order valence-electron chi connectivity index (χ3n) is 2.90. The lowest BCUT2D eigenvalue weighted by atomic mass is 9.93. The summed E-state index contributed by atoms with van der Waals surface area (Å²) in [6, 6.07) is 3.94. The van der Waals surface area contributed by atoms with Gasteiger partial charge in [0.15, 0.2) is 0 Å². The number of nitrogens with one attached hydrogen (secondary N) is 1. The second-order valence-corrected chi connectivity index (χ2v) is 3.75. The molecule has 0 saturated carbocycles. The van der Waals surface area contributed by atoms with E-state index in [9.17, 15) is 4.79 Å². The molecule has 1 fully saturated rings. The molecule has 4 nitrogen and oxygen atoms in total. The number of aryl methyl sites for hydroxylation is 1. The van der Waals surface area contributed by atoms with Crippen LogP contribution in [0.15, 0.2) is 18.3 Å². The maximum absolute atomic E-state index is 11.0. The summed E-state index contributed by atoms with van der Waals surface area (Å²) in [5.74, 6) is -0.891. The van der Waals surface area contributed by atoms with Crippen molar-refractivity contribution in [2.75, 3.05) is 13.1 Å². The van der Waals surface area contributed by atoms with E-state index < -0.39 is 5.97 Å². The van der Waals surface area contributed by atoms with Crippen LogP contribution in [-0.4, -0.2) is 28.7 Å². The van der Waals surface area contributed by atoms with Crippen molar-refractivity contribution in [3.8, 4) is 0 Å². The zero-order chi connectivity index (χ0) is 10.1. The van der Waals surface area contributed by atoms with Crippen LogP contribution in [0, 0.1) is 5.92 Å². The summed E-state index contributed by atoms with van der Waals surface area (Å²) < 4.78 is 1.99. The molecule has 1 aromatic heterocycles. The summed E-state index contributed by atoms with van der Waals surface area (Å²) in [5, 5.41) is 12.1. The Morgan fingerprint density at radius 3 is 3.00 bits per heavy atom. The zero-order valence-corrected chi connectivity index (χ0v) is 8.10. The molecule has 2 N–H and O–H groups in total. The predicted molar refractivity (Wildman–Crippen MR) is 52.1 cm³/mol. The molecule has 1 saturated heterocycles. The molecule has 2 atom stereocenters. The number of hydrogen-bond acceptors (Lipinski definition) is 2. The molecule has 14 heavy (non-hydrogen) atoms. The third kappa shape index (κ3) is 1.42. The molecule has 2 rings (SSSR count). The Balaban J connectivity index is 2.26. The van der Waals surface area contributed by atoms with Crippen LogP contribution in [0.5, 0.6) is 0 Å². The second-order valence-electron chi connectivity index (χ2n) is 3.75. The first kappa shape index (κ1) is 9.27. The molecule has 0 aliphatic carbocycles. The molecule has 0 unspecified atom stereocenters. The maximum atomic E-state index is 11.0. The summed E-state index contributed by atoms with van der Waals surface area (Å²) in [4.78, 5) is 11.0. The topological polar surface area (TPSA) is 54.3 Å². The fourth-order valence-corrected chi connectivity index (χ4v) is 2.11. The van der Waals surface area contributed by atoms with E-state index in [0.29, 0.717) is 6.54 Å². The normalized spacial score (nSPS) is 26.6. The summed E-state index contributed by atoms with van der Waals surface area (Å²) in [6.07, 6.45) is 1.95. The summed E-state index contributed by atoms with van der Waals surface area (Å²) >= 11 is 0. The molecular formula is C10H14N2O2. The molecule has 0 amide bonds. The lowest BCUT2D eigenvalue weighted by Gasteiger charge is -2.15. The number of aromatic nitrogens is 1. The minimum atomic E-state index is -0.707. The summed E-state index contributed by atoms with van der Waals surface area (Å²) in [6.45, 7) is 1.33. The maximum Gasteiger partial charge on any atom is 0.308 e. The van der Waals surface area contributed by atoms with Gasteiger partial charge in [-0.25, -0.2) is 0 Å². The average molecular weight is 194 g/mol. The van der Waals surface area contributed by atoms with Crippen molar-refractivity contribution in [3.63, 3.8) is 0 Å². The molecule has 4 heteroatoms. The van der Waals surface area contributed by atoms with Gasteiger partial charge in [0, 0.05) is 37.9 Å². The molecule has 0 radical (unpaired) electrons. The van der Waals surface area contributed by atoms with E-state index in [2.05, 4.69) is 5.32 Å². The van der Waals surface area contributed by atoms with Crippen molar-refractivity contribution in [3.05, 3.63) is 24.0 Å². The van der Waals surface area contributed by atoms with Crippen molar-refractivity contribution < 1.29 is 9.90 Å². The Bertz CT molecular complexity index is 346. The van der Waals surface area contributed by atoms with E-state index in [-0.39, 0.29) is 11.8 Å². The van der Waals surface area contributed by atoms with E-state index >= 15 is 0 Å². The first-order valence-electron chi connectivity index (χ1n) is 4.75. The van der Waals surface area contributed by atoms with Gasteiger partial charge in [0.05, 0.1) is 5.92 Å². The first-order valence-corrected chi connectivity index (χ1v) is 4.75. The molecule has 2 heterocycles. The third-order valence-corrected chi connectivity index (χ3v) is 2.90. The number of nitrogens with zero attached hydrogens (tertiary/aromatic N) is 1. The van der Waals surface area contributed by atoms with Crippen LogP contribution in [0.25, 0.3) is 0 Å². The van der Waals surface area contributed by atoms with Gasteiger partial charge in [0.2, 0.25) is 0 Å². The van der Waals surface area contributed by atoms with Gasteiger partial charge in [-0.05, 0) is 12.1 Å².